The summed E-state index contributed by atoms with van der Waals surface area (Å²) in [6.45, 7) is 4.66. The molecule has 1 amide bonds. The van der Waals surface area contributed by atoms with Crippen LogP contribution in [0.2, 0.25) is 0 Å². The highest BCUT2D eigenvalue weighted by Gasteiger charge is 2.24. The molecule has 2 aromatic heterocycles. The van der Waals surface area contributed by atoms with Gasteiger partial charge in [0.05, 0.1) is 11.8 Å². The molecule has 0 saturated carbocycles. The van der Waals surface area contributed by atoms with Gasteiger partial charge in [-0.2, -0.15) is 4.31 Å². The Labute approximate surface area is 232 Å². The fourth-order valence-electron chi connectivity index (χ4n) is 5.56. The molecular formula is C28H31N7O4S. The van der Waals surface area contributed by atoms with E-state index in [0.29, 0.717) is 25.6 Å². The van der Waals surface area contributed by atoms with E-state index in [0.717, 1.165) is 54.6 Å². The number of piperazine rings is 1. The zero-order chi connectivity index (χ0) is 27.9. The van der Waals surface area contributed by atoms with Crippen LogP contribution in [0, 0.1) is 0 Å². The Kier molecular flexibility index (Phi) is 7.00. The summed E-state index contributed by atoms with van der Waals surface area (Å²) in [6.07, 6.45) is 4.92. The maximum absolute atomic E-state index is 11.8. The highest BCUT2D eigenvalue weighted by molar-refractivity contribution is 7.88. The lowest BCUT2D eigenvalue weighted by Crippen LogP contribution is -2.47. The average Bonchev–Trinajstić information content (AvgIpc) is 3.34. The predicted octanol–water partition coefficient (Wildman–Crippen LogP) is 2.38. The van der Waals surface area contributed by atoms with E-state index in [1.54, 1.807) is 9.79 Å². The van der Waals surface area contributed by atoms with Crippen LogP contribution in [-0.2, 0) is 29.5 Å². The van der Waals surface area contributed by atoms with Gasteiger partial charge in [-0.25, -0.2) is 23.9 Å². The summed E-state index contributed by atoms with van der Waals surface area (Å²) in [5.41, 5.74) is 8.77. The van der Waals surface area contributed by atoms with Crippen molar-refractivity contribution in [3.63, 3.8) is 0 Å². The van der Waals surface area contributed by atoms with Gasteiger partial charge in [-0.3, -0.25) is 14.9 Å². The predicted molar refractivity (Wildman–Crippen MR) is 151 cm³/mol. The molecule has 0 atom stereocenters. The van der Waals surface area contributed by atoms with E-state index < -0.39 is 15.9 Å². The fraction of sp³-hybridized carbons (Fsp3) is 0.321. The molecule has 0 unspecified atom stereocenters. The van der Waals surface area contributed by atoms with Crippen LogP contribution >= 0.6 is 0 Å². The zero-order valence-electron chi connectivity index (χ0n) is 22.2. The number of amides is 1. The van der Waals surface area contributed by atoms with E-state index in [1.165, 1.54) is 35.5 Å². The van der Waals surface area contributed by atoms with Gasteiger partial charge in [-0.15, -0.1) is 0 Å². The van der Waals surface area contributed by atoms with Crippen LogP contribution in [0.1, 0.15) is 27.2 Å². The van der Waals surface area contributed by atoms with Crippen LogP contribution in [0.15, 0.2) is 54.9 Å². The first-order chi connectivity index (χ1) is 19.3. The van der Waals surface area contributed by atoms with E-state index in [9.17, 15) is 13.2 Å². The summed E-state index contributed by atoms with van der Waals surface area (Å²) in [7, 11) is -3.14. The van der Waals surface area contributed by atoms with Crippen LogP contribution < -0.4 is 10.4 Å². The summed E-state index contributed by atoms with van der Waals surface area (Å²) in [5, 5.41) is 9.99. The van der Waals surface area contributed by atoms with Crippen molar-refractivity contribution >= 4 is 32.8 Å². The number of fused-ring (bicyclic) bond motifs is 3. The number of aromatic amines is 1. The zero-order valence-corrected chi connectivity index (χ0v) is 23.0. The monoisotopic (exact) mass is 561 g/mol. The molecule has 4 heterocycles. The van der Waals surface area contributed by atoms with E-state index in [2.05, 4.69) is 67.2 Å². The van der Waals surface area contributed by atoms with Gasteiger partial charge < -0.3 is 9.88 Å². The minimum absolute atomic E-state index is 0.194. The third kappa shape index (κ3) is 5.30. The minimum Gasteiger partial charge on any atom is -0.358 e. The molecule has 0 radical (unpaired) electrons. The van der Waals surface area contributed by atoms with Crippen molar-refractivity contribution in [1.82, 2.24) is 29.6 Å². The quantitative estimate of drug-likeness (QED) is 0.241. The van der Waals surface area contributed by atoms with Gasteiger partial charge in [0.15, 0.2) is 0 Å². The van der Waals surface area contributed by atoms with E-state index in [-0.39, 0.29) is 5.56 Å². The molecule has 0 spiro atoms. The normalized spacial score (nSPS) is 16.7. The summed E-state index contributed by atoms with van der Waals surface area (Å²) in [5.74, 6) is -0.106. The summed E-state index contributed by atoms with van der Waals surface area (Å²) < 4.78 is 25.2. The molecule has 40 heavy (non-hydrogen) atoms. The van der Waals surface area contributed by atoms with Crippen molar-refractivity contribution in [3.05, 3.63) is 77.2 Å². The van der Waals surface area contributed by atoms with E-state index >= 15 is 0 Å². The molecule has 3 N–H and O–H groups in total. The first-order valence-corrected chi connectivity index (χ1v) is 15.0. The van der Waals surface area contributed by atoms with Crippen molar-refractivity contribution in [2.45, 2.75) is 19.5 Å². The Morgan fingerprint density at radius 1 is 1.02 bits per heavy atom. The van der Waals surface area contributed by atoms with Gasteiger partial charge in [0.1, 0.15) is 0 Å². The lowest BCUT2D eigenvalue weighted by atomic mass is 9.98. The SMILES string of the molecule is CS(=O)(=O)N1CCN(Cc2cccc(-c3ccc4[nH]c5c(c4c3)CN(c3ncc(C(=O)NO)cn3)CC5)c2)CC1. The van der Waals surface area contributed by atoms with Crippen molar-refractivity contribution in [3.8, 4) is 11.1 Å². The summed E-state index contributed by atoms with van der Waals surface area (Å²) in [4.78, 5) is 28.3. The molecule has 1 fully saturated rings. The lowest BCUT2D eigenvalue weighted by molar-refractivity contribution is 0.0705. The largest absolute Gasteiger partial charge is 0.358 e. The molecule has 11 nitrogen and oxygen atoms in total. The van der Waals surface area contributed by atoms with Crippen LogP contribution in [0.5, 0.6) is 0 Å². The number of nitrogens with one attached hydrogen (secondary N) is 2. The maximum atomic E-state index is 11.8. The highest BCUT2D eigenvalue weighted by atomic mass is 32.2. The maximum Gasteiger partial charge on any atom is 0.277 e. The molecular weight excluding hydrogens is 530 g/mol. The van der Waals surface area contributed by atoms with Crippen molar-refractivity contribution in [2.24, 2.45) is 0 Å². The molecule has 1 saturated heterocycles. The van der Waals surface area contributed by atoms with Gasteiger partial charge in [0, 0.05) is 86.8 Å². The Bertz CT molecular complexity index is 1660. The Morgan fingerprint density at radius 3 is 2.50 bits per heavy atom. The molecule has 2 aliphatic rings. The van der Waals surface area contributed by atoms with Gasteiger partial charge >= 0.3 is 0 Å². The number of hydroxylamine groups is 1. The minimum atomic E-state index is -3.14. The molecule has 2 aliphatic heterocycles. The second-order valence-corrected chi connectivity index (χ2v) is 12.3. The summed E-state index contributed by atoms with van der Waals surface area (Å²) in [6, 6.07) is 15.0. The fourth-order valence-corrected chi connectivity index (χ4v) is 6.38. The average molecular weight is 562 g/mol. The number of benzene rings is 2. The first-order valence-electron chi connectivity index (χ1n) is 13.2. The molecule has 2 aromatic carbocycles. The van der Waals surface area contributed by atoms with Gasteiger partial charge in [-0.05, 0) is 34.9 Å². The number of aromatic nitrogens is 3. The smallest absolute Gasteiger partial charge is 0.277 e. The number of hydrogen-bond donors (Lipinski definition) is 3. The highest BCUT2D eigenvalue weighted by Crippen LogP contribution is 2.33. The topological polar surface area (TPSA) is 135 Å². The third-order valence-electron chi connectivity index (χ3n) is 7.73. The van der Waals surface area contributed by atoms with E-state index in [1.807, 2.05) is 0 Å². The van der Waals surface area contributed by atoms with Crippen molar-refractivity contribution < 1.29 is 18.4 Å². The molecule has 208 valence electrons. The molecule has 12 heteroatoms. The van der Waals surface area contributed by atoms with Crippen LogP contribution in [0.4, 0.5) is 5.95 Å². The third-order valence-corrected chi connectivity index (χ3v) is 9.03. The van der Waals surface area contributed by atoms with Crippen LogP contribution in [0.25, 0.3) is 22.0 Å². The Morgan fingerprint density at radius 2 is 1.77 bits per heavy atom. The second kappa shape index (κ2) is 10.6. The number of carbonyl (C=O) groups excluding carboxylic acids is 1. The standard InChI is InChI=1S/C28H31N7O4S/c1-40(38,39)35-11-9-33(10-12-35)17-19-3-2-4-20(13-19)21-5-6-25-23(14-21)24-18-34(8-7-26(24)31-25)28-29-15-22(16-30-28)27(36)32-37/h2-6,13-16,31,37H,7-12,17-18H2,1H3,(H,32,36). The number of carbonyl (C=O) groups is 1. The van der Waals surface area contributed by atoms with E-state index in [4.69, 9.17) is 5.21 Å². The van der Waals surface area contributed by atoms with Gasteiger partial charge in [-0.1, -0.05) is 24.3 Å². The molecule has 0 bridgehead atoms. The number of H-pyrrole nitrogens is 1. The lowest BCUT2D eigenvalue weighted by Gasteiger charge is -2.33. The van der Waals surface area contributed by atoms with Crippen LogP contribution in [-0.4, -0.2) is 82.7 Å². The first kappa shape index (κ1) is 26.4. The van der Waals surface area contributed by atoms with Crippen molar-refractivity contribution in [2.75, 3.05) is 43.9 Å². The van der Waals surface area contributed by atoms with Gasteiger partial charge in [0.25, 0.3) is 5.91 Å². The summed E-state index contributed by atoms with van der Waals surface area (Å²) >= 11 is 0. The number of rotatable bonds is 6. The number of hydrogen-bond acceptors (Lipinski definition) is 8. The molecule has 4 aromatic rings. The van der Waals surface area contributed by atoms with Gasteiger partial charge in [0.2, 0.25) is 16.0 Å². The number of anilines is 1. The number of nitrogens with zero attached hydrogens (tertiary/aromatic N) is 5. The van der Waals surface area contributed by atoms with Crippen LogP contribution in [0.3, 0.4) is 0 Å². The number of sulfonamides is 1. The molecule has 6 rings (SSSR count). The van der Waals surface area contributed by atoms with Crippen molar-refractivity contribution in [1.29, 1.82) is 0 Å². The Balaban J connectivity index is 1.20. The second-order valence-electron chi connectivity index (χ2n) is 10.4. The Hall–Kier alpha value is -3.84. The molecule has 0 aliphatic carbocycles.